The second-order valence-electron chi connectivity index (χ2n) is 6.56. The minimum absolute atomic E-state index is 0.0138. The lowest BCUT2D eigenvalue weighted by atomic mass is 9.90. The van der Waals surface area contributed by atoms with Gasteiger partial charge < -0.3 is 14.6 Å². The molecule has 0 saturated heterocycles. The van der Waals surface area contributed by atoms with Crippen LogP contribution in [-0.4, -0.2) is 42.1 Å². The van der Waals surface area contributed by atoms with Crippen LogP contribution < -0.4 is 9.47 Å². The Kier molecular flexibility index (Phi) is 6.83. The SMILES string of the molecule is CCOc1ccc(C2CC(C3=C(O)CCCC3=O)=NCCS2)c(OCC)c1. The third kappa shape index (κ3) is 4.67. The summed E-state index contributed by atoms with van der Waals surface area (Å²) >= 11 is 1.82. The van der Waals surface area contributed by atoms with Crippen LogP contribution in [0.2, 0.25) is 0 Å². The molecular weight excluding hydrogens is 362 g/mol. The standard InChI is InChI=1S/C21H27NO4S/c1-3-25-14-8-9-15(19(12-14)26-4-2)20-13-16(22-10-11-27-20)21-17(23)6-5-7-18(21)24/h8-9,12,20,23H,3-7,10-11,13H2,1-2H3. The smallest absolute Gasteiger partial charge is 0.168 e. The van der Waals surface area contributed by atoms with E-state index in [0.717, 1.165) is 28.5 Å². The van der Waals surface area contributed by atoms with E-state index in [9.17, 15) is 9.90 Å². The molecule has 0 amide bonds. The molecule has 1 aromatic rings. The van der Waals surface area contributed by atoms with E-state index in [1.807, 2.05) is 43.8 Å². The van der Waals surface area contributed by atoms with E-state index in [-0.39, 0.29) is 16.8 Å². The van der Waals surface area contributed by atoms with Crippen molar-refractivity contribution in [3.8, 4) is 11.5 Å². The number of nitrogens with zero attached hydrogens (tertiary/aromatic N) is 1. The largest absolute Gasteiger partial charge is 0.511 e. The molecule has 0 fully saturated rings. The summed E-state index contributed by atoms with van der Waals surface area (Å²) < 4.78 is 11.5. The van der Waals surface area contributed by atoms with Crippen LogP contribution in [0.3, 0.4) is 0 Å². The molecule has 1 atom stereocenters. The van der Waals surface area contributed by atoms with Gasteiger partial charge in [-0.25, -0.2) is 0 Å². The molecule has 6 heteroatoms. The van der Waals surface area contributed by atoms with Crippen molar-refractivity contribution in [3.05, 3.63) is 35.1 Å². The first kappa shape index (κ1) is 19.8. The fourth-order valence-corrected chi connectivity index (χ4v) is 4.66. The van der Waals surface area contributed by atoms with Gasteiger partial charge in [-0.05, 0) is 26.3 Å². The van der Waals surface area contributed by atoms with E-state index in [1.165, 1.54) is 0 Å². The van der Waals surface area contributed by atoms with Crippen LogP contribution in [0, 0.1) is 0 Å². The van der Waals surface area contributed by atoms with Crippen molar-refractivity contribution in [1.29, 1.82) is 0 Å². The summed E-state index contributed by atoms with van der Waals surface area (Å²) in [5.74, 6) is 2.69. The van der Waals surface area contributed by atoms with Gasteiger partial charge in [-0.3, -0.25) is 9.79 Å². The molecule has 2 aliphatic rings. The number of thioether (sulfide) groups is 1. The van der Waals surface area contributed by atoms with Gasteiger partial charge in [-0.2, -0.15) is 11.8 Å². The Morgan fingerprint density at radius 1 is 1.22 bits per heavy atom. The highest BCUT2D eigenvalue weighted by atomic mass is 32.2. The molecule has 1 unspecified atom stereocenters. The van der Waals surface area contributed by atoms with Crippen LogP contribution in [0.4, 0.5) is 0 Å². The topological polar surface area (TPSA) is 68.1 Å². The quantitative estimate of drug-likeness (QED) is 0.766. The lowest BCUT2D eigenvalue weighted by Gasteiger charge is -2.22. The maximum Gasteiger partial charge on any atom is 0.168 e. The number of rotatable bonds is 6. The molecule has 27 heavy (non-hydrogen) atoms. The summed E-state index contributed by atoms with van der Waals surface area (Å²) in [7, 11) is 0. The number of carbonyl (C=O) groups excluding carboxylic acids is 1. The average Bonchev–Trinajstić information content (AvgIpc) is 2.89. The zero-order chi connectivity index (χ0) is 19.2. The summed E-state index contributed by atoms with van der Waals surface area (Å²) in [5, 5.41) is 10.4. The maximum absolute atomic E-state index is 12.4. The van der Waals surface area contributed by atoms with Crippen molar-refractivity contribution in [2.45, 2.75) is 44.8 Å². The number of benzene rings is 1. The molecule has 0 bridgehead atoms. The van der Waals surface area contributed by atoms with Crippen molar-refractivity contribution in [1.82, 2.24) is 0 Å². The van der Waals surface area contributed by atoms with E-state index in [4.69, 9.17) is 9.47 Å². The van der Waals surface area contributed by atoms with Crippen LogP contribution in [0.5, 0.6) is 11.5 Å². The number of hydrogen-bond acceptors (Lipinski definition) is 6. The van der Waals surface area contributed by atoms with Gasteiger partial charge in [-0.1, -0.05) is 6.07 Å². The predicted molar refractivity (Wildman–Crippen MR) is 109 cm³/mol. The minimum atomic E-state index is 0.0138. The molecule has 146 valence electrons. The molecule has 5 nitrogen and oxygen atoms in total. The van der Waals surface area contributed by atoms with Crippen molar-refractivity contribution in [2.75, 3.05) is 25.5 Å². The van der Waals surface area contributed by atoms with Gasteiger partial charge in [0.05, 0.1) is 24.5 Å². The van der Waals surface area contributed by atoms with Crippen LogP contribution in [0.1, 0.15) is 50.3 Å². The maximum atomic E-state index is 12.4. The Bertz CT molecular complexity index is 757. The highest BCUT2D eigenvalue weighted by molar-refractivity contribution is 7.99. The van der Waals surface area contributed by atoms with Crippen molar-refractivity contribution >= 4 is 23.3 Å². The normalized spacial score (nSPS) is 20.9. The molecule has 0 saturated carbocycles. The van der Waals surface area contributed by atoms with Gasteiger partial charge in [0.2, 0.25) is 0 Å². The lowest BCUT2D eigenvalue weighted by Crippen LogP contribution is -2.20. The van der Waals surface area contributed by atoms with Crippen LogP contribution in [0.25, 0.3) is 0 Å². The van der Waals surface area contributed by atoms with E-state index in [0.29, 0.717) is 51.0 Å². The number of allylic oxidation sites excluding steroid dienone is 2. The minimum Gasteiger partial charge on any atom is -0.511 e. The molecule has 3 rings (SSSR count). The second kappa shape index (κ2) is 9.31. The molecular formula is C21H27NO4S. The van der Waals surface area contributed by atoms with Gasteiger partial charge in [-0.15, -0.1) is 0 Å². The number of ether oxygens (including phenoxy) is 2. The fourth-order valence-electron chi connectivity index (χ4n) is 3.53. The number of aliphatic imine (C=N–C) groups is 1. The molecule has 0 aromatic heterocycles. The summed E-state index contributed by atoms with van der Waals surface area (Å²) in [6.45, 7) is 5.76. The monoisotopic (exact) mass is 389 g/mol. The Morgan fingerprint density at radius 3 is 2.78 bits per heavy atom. The van der Waals surface area contributed by atoms with Gasteiger partial charge in [0.1, 0.15) is 17.3 Å². The summed E-state index contributed by atoms with van der Waals surface area (Å²) in [5.41, 5.74) is 2.28. The van der Waals surface area contributed by atoms with Crippen LogP contribution in [0.15, 0.2) is 34.5 Å². The molecule has 0 radical (unpaired) electrons. The zero-order valence-electron chi connectivity index (χ0n) is 16.0. The van der Waals surface area contributed by atoms with Crippen molar-refractivity contribution < 1.29 is 19.4 Å². The lowest BCUT2D eigenvalue weighted by molar-refractivity contribution is -0.115. The van der Waals surface area contributed by atoms with Gasteiger partial charge in [0.25, 0.3) is 0 Å². The molecule has 1 heterocycles. The van der Waals surface area contributed by atoms with E-state index in [1.54, 1.807) is 0 Å². The van der Waals surface area contributed by atoms with Gasteiger partial charge >= 0.3 is 0 Å². The molecule has 1 aliphatic heterocycles. The first-order chi connectivity index (χ1) is 13.1. The number of hydrogen-bond donors (Lipinski definition) is 1. The van der Waals surface area contributed by atoms with E-state index < -0.39 is 0 Å². The van der Waals surface area contributed by atoms with Gasteiger partial charge in [0, 0.05) is 48.4 Å². The fraction of sp³-hybridized carbons (Fsp3) is 0.524. The van der Waals surface area contributed by atoms with Crippen molar-refractivity contribution in [3.63, 3.8) is 0 Å². The summed E-state index contributed by atoms with van der Waals surface area (Å²) in [6.07, 6.45) is 2.38. The summed E-state index contributed by atoms with van der Waals surface area (Å²) in [4.78, 5) is 17.0. The molecule has 1 aromatic carbocycles. The first-order valence-corrected chi connectivity index (χ1v) is 10.7. The highest BCUT2D eigenvalue weighted by Crippen LogP contribution is 2.42. The Morgan fingerprint density at radius 2 is 2.04 bits per heavy atom. The molecule has 0 spiro atoms. The first-order valence-electron chi connectivity index (χ1n) is 9.64. The molecule has 1 aliphatic carbocycles. The van der Waals surface area contributed by atoms with Gasteiger partial charge in [0.15, 0.2) is 5.78 Å². The number of Topliss-reactive ketones (excluding diaryl/α,β-unsaturated/α-hetero) is 1. The Hall–Kier alpha value is -1.95. The molecule has 1 N–H and O–H groups in total. The zero-order valence-corrected chi connectivity index (χ0v) is 16.8. The van der Waals surface area contributed by atoms with Crippen molar-refractivity contribution in [2.24, 2.45) is 4.99 Å². The number of aliphatic hydroxyl groups excluding tert-OH is 1. The predicted octanol–water partition coefficient (Wildman–Crippen LogP) is 4.67. The van der Waals surface area contributed by atoms with E-state index in [2.05, 4.69) is 4.99 Å². The number of aliphatic hydroxyl groups is 1. The van der Waals surface area contributed by atoms with Crippen LogP contribution in [-0.2, 0) is 4.79 Å². The summed E-state index contributed by atoms with van der Waals surface area (Å²) in [6, 6.07) is 5.95. The second-order valence-corrected chi connectivity index (χ2v) is 7.87. The Balaban J connectivity index is 1.91. The number of ketones is 1. The third-order valence-corrected chi connectivity index (χ3v) is 5.95. The Labute approximate surface area is 164 Å². The third-order valence-electron chi connectivity index (χ3n) is 4.71. The van der Waals surface area contributed by atoms with Crippen LogP contribution >= 0.6 is 11.8 Å². The average molecular weight is 390 g/mol. The van der Waals surface area contributed by atoms with E-state index >= 15 is 0 Å². The highest BCUT2D eigenvalue weighted by Gasteiger charge is 2.29. The number of carbonyl (C=O) groups is 1.